The highest BCUT2D eigenvalue weighted by Gasteiger charge is 2.10. The number of aromatic amines is 1. The number of nitrogens with zero attached hydrogens (tertiary/aromatic N) is 1. The Labute approximate surface area is 99.1 Å². The molecule has 0 spiro atoms. The van der Waals surface area contributed by atoms with Gasteiger partial charge in [0.2, 0.25) is 0 Å². The maximum atomic E-state index is 8.86. The van der Waals surface area contributed by atoms with Crippen molar-refractivity contribution in [3.63, 3.8) is 0 Å². The van der Waals surface area contributed by atoms with Crippen LogP contribution < -0.4 is 0 Å². The second-order valence-electron chi connectivity index (χ2n) is 3.61. The summed E-state index contributed by atoms with van der Waals surface area (Å²) in [6.45, 7) is 2.04. The molecule has 3 nitrogen and oxygen atoms in total. The molecule has 0 aliphatic carbocycles. The second-order valence-corrected chi connectivity index (χ2v) is 4.02. The van der Waals surface area contributed by atoms with Crippen molar-refractivity contribution in [2.75, 3.05) is 6.61 Å². The number of rotatable bonds is 3. The van der Waals surface area contributed by atoms with Crippen LogP contribution in [-0.4, -0.2) is 21.7 Å². The zero-order valence-corrected chi connectivity index (χ0v) is 9.75. The molecule has 84 valence electrons. The SMILES string of the molecule is Cc1[nH]c(CCO)nc1-c1ccccc1Cl. The lowest BCUT2D eigenvalue weighted by atomic mass is 10.1. The van der Waals surface area contributed by atoms with Crippen molar-refractivity contribution >= 4 is 11.6 Å². The van der Waals surface area contributed by atoms with Crippen LogP contribution in [0, 0.1) is 6.92 Å². The highest BCUT2D eigenvalue weighted by Crippen LogP contribution is 2.28. The predicted octanol–water partition coefficient (Wildman–Crippen LogP) is 2.57. The number of aromatic nitrogens is 2. The molecule has 2 N–H and O–H groups in total. The molecule has 0 bridgehead atoms. The molecule has 0 fully saturated rings. The van der Waals surface area contributed by atoms with E-state index in [-0.39, 0.29) is 6.61 Å². The number of aliphatic hydroxyl groups is 1. The van der Waals surface area contributed by atoms with E-state index in [9.17, 15) is 0 Å². The first kappa shape index (κ1) is 11.2. The van der Waals surface area contributed by atoms with Gasteiger partial charge in [0.05, 0.1) is 17.3 Å². The van der Waals surface area contributed by atoms with Gasteiger partial charge in [-0.25, -0.2) is 4.98 Å². The van der Waals surface area contributed by atoms with Crippen molar-refractivity contribution in [3.8, 4) is 11.3 Å². The fraction of sp³-hybridized carbons (Fsp3) is 0.250. The smallest absolute Gasteiger partial charge is 0.109 e. The van der Waals surface area contributed by atoms with E-state index in [0.29, 0.717) is 11.4 Å². The summed E-state index contributed by atoms with van der Waals surface area (Å²) in [6.07, 6.45) is 0.533. The van der Waals surface area contributed by atoms with E-state index >= 15 is 0 Å². The molecule has 0 radical (unpaired) electrons. The number of benzene rings is 1. The average molecular weight is 237 g/mol. The topological polar surface area (TPSA) is 48.9 Å². The maximum absolute atomic E-state index is 8.86. The summed E-state index contributed by atoms with van der Waals surface area (Å²) in [5.41, 5.74) is 2.74. The molecule has 0 atom stereocenters. The Morgan fingerprint density at radius 3 is 2.81 bits per heavy atom. The molecule has 0 aliphatic heterocycles. The Balaban J connectivity index is 2.44. The molecule has 0 saturated heterocycles. The molecule has 1 aromatic carbocycles. The van der Waals surface area contributed by atoms with Crippen molar-refractivity contribution in [2.45, 2.75) is 13.3 Å². The number of H-pyrrole nitrogens is 1. The fourth-order valence-corrected chi connectivity index (χ4v) is 1.89. The standard InChI is InChI=1S/C12H13ClN2O/c1-8-12(15-11(14-8)6-7-16)9-4-2-3-5-10(9)13/h2-5,16H,6-7H2,1H3,(H,14,15). The van der Waals surface area contributed by atoms with E-state index in [4.69, 9.17) is 16.7 Å². The second kappa shape index (κ2) is 4.68. The quantitative estimate of drug-likeness (QED) is 0.861. The Hall–Kier alpha value is -1.32. The Bertz CT molecular complexity index is 494. The Morgan fingerprint density at radius 2 is 2.12 bits per heavy atom. The van der Waals surface area contributed by atoms with Crippen molar-refractivity contribution in [3.05, 3.63) is 40.8 Å². The van der Waals surface area contributed by atoms with Crippen LogP contribution in [0.3, 0.4) is 0 Å². The van der Waals surface area contributed by atoms with Crippen molar-refractivity contribution in [1.82, 2.24) is 9.97 Å². The summed E-state index contributed by atoms with van der Waals surface area (Å²) in [4.78, 5) is 7.57. The normalized spacial score (nSPS) is 10.7. The van der Waals surface area contributed by atoms with Crippen LogP contribution in [0.2, 0.25) is 5.02 Å². The Kier molecular flexibility index (Phi) is 3.27. The molecule has 1 aromatic heterocycles. The third-order valence-electron chi connectivity index (χ3n) is 2.41. The van der Waals surface area contributed by atoms with Crippen molar-refractivity contribution < 1.29 is 5.11 Å². The summed E-state index contributed by atoms with van der Waals surface area (Å²) in [6, 6.07) is 7.61. The zero-order valence-electron chi connectivity index (χ0n) is 9.00. The number of hydrogen-bond donors (Lipinski definition) is 2. The first-order valence-corrected chi connectivity index (χ1v) is 5.51. The summed E-state index contributed by atoms with van der Waals surface area (Å²) in [5, 5.41) is 9.55. The molecule has 0 unspecified atom stereocenters. The van der Waals surface area contributed by atoms with E-state index in [0.717, 1.165) is 22.8 Å². The van der Waals surface area contributed by atoms with Gasteiger partial charge in [0.1, 0.15) is 5.82 Å². The van der Waals surface area contributed by atoms with Gasteiger partial charge in [-0.05, 0) is 13.0 Å². The lowest BCUT2D eigenvalue weighted by Crippen LogP contribution is -1.92. The number of hydrogen-bond acceptors (Lipinski definition) is 2. The van der Waals surface area contributed by atoms with E-state index in [2.05, 4.69) is 9.97 Å². The summed E-state index contributed by atoms with van der Waals surface area (Å²) in [7, 11) is 0. The third kappa shape index (κ3) is 2.10. The first-order valence-electron chi connectivity index (χ1n) is 5.13. The van der Waals surface area contributed by atoms with Crippen LogP contribution in [0.1, 0.15) is 11.5 Å². The van der Waals surface area contributed by atoms with E-state index in [1.165, 1.54) is 0 Å². The number of halogens is 1. The van der Waals surface area contributed by atoms with E-state index in [1.54, 1.807) is 0 Å². The Morgan fingerprint density at radius 1 is 1.38 bits per heavy atom. The molecular formula is C12H13ClN2O. The lowest BCUT2D eigenvalue weighted by molar-refractivity contribution is 0.297. The van der Waals surface area contributed by atoms with Crippen LogP contribution in [0.5, 0.6) is 0 Å². The monoisotopic (exact) mass is 236 g/mol. The average Bonchev–Trinajstić information content (AvgIpc) is 2.61. The number of nitrogens with one attached hydrogen (secondary N) is 1. The van der Waals surface area contributed by atoms with E-state index in [1.807, 2.05) is 31.2 Å². The largest absolute Gasteiger partial charge is 0.396 e. The van der Waals surface area contributed by atoms with Crippen LogP contribution in [0.15, 0.2) is 24.3 Å². The van der Waals surface area contributed by atoms with Gasteiger partial charge in [0.15, 0.2) is 0 Å². The molecular weight excluding hydrogens is 224 g/mol. The minimum atomic E-state index is 0.0922. The van der Waals surface area contributed by atoms with Gasteiger partial charge in [0.25, 0.3) is 0 Å². The van der Waals surface area contributed by atoms with Gasteiger partial charge < -0.3 is 10.1 Å². The fourth-order valence-electron chi connectivity index (χ4n) is 1.66. The summed E-state index contributed by atoms with van der Waals surface area (Å²) in [5.74, 6) is 0.787. The van der Waals surface area contributed by atoms with Crippen molar-refractivity contribution in [1.29, 1.82) is 0 Å². The minimum Gasteiger partial charge on any atom is -0.396 e. The minimum absolute atomic E-state index is 0.0922. The number of aryl methyl sites for hydroxylation is 1. The maximum Gasteiger partial charge on any atom is 0.109 e. The van der Waals surface area contributed by atoms with Gasteiger partial charge in [-0.1, -0.05) is 29.8 Å². The highest BCUT2D eigenvalue weighted by molar-refractivity contribution is 6.33. The first-order chi connectivity index (χ1) is 7.72. The highest BCUT2D eigenvalue weighted by atomic mass is 35.5. The van der Waals surface area contributed by atoms with Crippen molar-refractivity contribution in [2.24, 2.45) is 0 Å². The molecule has 2 aromatic rings. The van der Waals surface area contributed by atoms with Gasteiger partial charge in [-0.15, -0.1) is 0 Å². The molecule has 0 saturated carbocycles. The molecule has 0 aliphatic rings. The number of aliphatic hydroxyl groups excluding tert-OH is 1. The van der Waals surface area contributed by atoms with Gasteiger partial charge in [-0.2, -0.15) is 0 Å². The third-order valence-corrected chi connectivity index (χ3v) is 2.74. The van der Waals surface area contributed by atoms with Crippen LogP contribution in [0.25, 0.3) is 11.3 Å². The van der Waals surface area contributed by atoms with Gasteiger partial charge in [-0.3, -0.25) is 0 Å². The molecule has 16 heavy (non-hydrogen) atoms. The van der Waals surface area contributed by atoms with Gasteiger partial charge >= 0.3 is 0 Å². The predicted molar refractivity (Wildman–Crippen MR) is 64.6 cm³/mol. The van der Waals surface area contributed by atoms with Crippen LogP contribution in [0.4, 0.5) is 0 Å². The van der Waals surface area contributed by atoms with Crippen LogP contribution >= 0.6 is 11.6 Å². The molecule has 4 heteroatoms. The number of imidazole rings is 1. The lowest BCUT2D eigenvalue weighted by Gasteiger charge is -2.00. The zero-order chi connectivity index (χ0) is 11.5. The molecule has 0 amide bonds. The van der Waals surface area contributed by atoms with E-state index < -0.39 is 0 Å². The molecule has 1 heterocycles. The molecule has 2 rings (SSSR count). The van der Waals surface area contributed by atoms with Gasteiger partial charge in [0, 0.05) is 17.7 Å². The summed E-state index contributed by atoms with van der Waals surface area (Å²) < 4.78 is 0. The van der Waals surface area contributed by atoms with Crippen LogP contribution in [-0.2, 0) is 6.42 Å². The summed E-state index contributed by atoms with van der Waals surface area (Å²) >= 11 is 6.11.